The molecule has 0 radical (unpaired) electrons. The SMILES string of the molecule is COC1C2(CC3CC2C2C4C=CC(C4)C32)OC(OC)(C(F)(F)F)C1(F)F. The van der Waals surface area contributed by atoms with Gasteiger partial charge >= 0.3 is 17.9 Å². The number of alkyl halides is 5. The van der Waals surface area contributed by atoms with Gasteiger partial charge in [0.05, 0.1) is 0 Å². The van der Waals surface area contributed by atoms with Gasteiger partial charge in [-0.3, -0.25) is 0 Å². The first-order valence-electron chi connectivity index (χ1n) is 9.04. The molecule has 5 aliphatic rings. The number of rotatable bonds is 2. The molecule has 1 aliphatic heterocycles. The zero-order valence-electron chi connectivity index (χ0n) is 14.4. The second kappa shape index (κ2) is 4.81. The van der Waals surface area contributed by atoms with Crippen LogP contribution in [0.4, 0.5) is 22.0 Å². The standard InChI is InChI=1S/C18H21F5O3/c1-24-14-15(26-17(25-2,16(14,19)20)18(21,22)23)7-10-6-11(15)13-9-4-3-8(5-9)12(10)13/h3-4,8-14H,5-7H2,1-2H3. The number of methoxy groups -OCH3 is 2. The van der Waals surface area contributed by atoms with Gasteiger partial charge in [0.2, 0.25) is 0 Å². The summed E-state index contributed by atoms with van der Waals surface area (Å²) in [6, 6.07) is 0. The Labute approximate surface area is 147 Å². The van der Waals surface area contributed by atoms with Crippen LogP contribution in [0.25, 0.3) is 0 Å². The fourth-order valence-corrected chi connectivity index (χ4v) is 7.25. The van der Waals surface area contributed by atoms with E-state index in [1.54, 1.807) is 0 Å². The lowest BCUT2D eigenvalue weighted by molar-refractivity contribution is -0.424. The fraction of sp³-hybridized carbons (Fsp3) is 0.889. The average Bonchev–Trinajstić information content (AvgIpc) is 3.30. The van der Waals surface area contributed by atoms with Gasteiger partial charge in [-0.15, -0.1) is 0 Å². The summed E-state index contributed by atoms with van der Waals surface area (Å²) < 4.78 is 86.0. The number of hydrogen-bond acceptors (Lipinski definition) is 3. The Morgan fingerprint density at radius 3 is 2.27 bits per heavy atom. The minimum atomic E-state index is -5.37. The van der Waals surface area contributed by atoms with Gasteiger partial charge in [0.1, 0.15) is 5.60 Å². The third kappa shape index (κ3) is 1.63. The maximum absolute atomic E-state index is 15.1. The van der Waals surface area contributed by atoms with Gasteiger partial charge in [0.25, 0.3) is 0 Å². The molecule has 1 heterocycles. The molecule has 5 rings (SSSR count). The Morgan fingerprint density at radius 2 is 1.69 bits per heavy atom. The number of ether oxygens (including phenoxy) is 3. The second-order valence-electron chi connectivity index (χ2n) is 8.52. The Morgan fingerprint density at radius 1 is 1.04 bits per heavy atom. The lowest BCUT2D eigenvalue weighted by Crippen LogP contribution is -2.60. The van der Waals surface area contributed by atoms with Crippen LogP contribution in [0.2, 0.25) is 0 Å². The molecule has 3 saturated carbocycles. The van der Waals surface area contributed by atoms with Gasteiger partial charge in [-0.1, -0.05) is 12.2 Å². The Balaban J connectivity index is 1.61. The summed E-state index contributed by atoms with van der Waals surface area (Å²) in [6.45, 7) is 0. The molecule has 0 N–H and O–H groups in total. The van der Waals surface area contributed by atoms with Crippen molar-refractivity contribution in [2.24, 2.45) is 35.5 Å². The highest BCUT2D eigenvalue weighted by Gasteiger charge is 2.88. The van der Waals surface area contributed by atoms with Crippen LogP contribution in [0.15, 0.2) is 12.2 Å². The number of fused-ring (bicyclic) bond motifs is 10. The van der Waals surface area contributed by atoms with E-state index < -0.39 is 29.6 Å². The maximum atomic E-state index is 15.1. The highest BCUT2D eigenvalue weighted by molar-refractivity contribution is 5.28. The van der Waals surface area contributed by atoms with Gasteiger partial charge in [0, 0.05) is 14.2 Å². The molecular weight excluding hydrogens is 359 g/mol. The summed E-state index contributed by atoms with van der Waals surface area (Å²) in [5.74, 6) is -7.43. The highest BCUT2D eigenvalue weighted by atomic mass is 19.4. The summed E-state index contributed by atoms with van der Waals surface area (Å²) in [4.78, 5) is 0. The lowest BCUT2D eigenvalue weighted by Gasteiger charge is -2.45. The fourth-order valence-electron chi connectivity index (χ4n) is 7.25. The third-order valence-corrected chi connectivity index (χ3v) is 7.80. The van der Waals surface area contributed by atoms with E-state index in [2.05, 4.69) is 16.9 Å². The van der Waals surface area contributed by atoms with Gasteiger partial charge in [-0.25, -0.2) is 0 Å². The van der Waals surface area contributed by atoms with Crippen molar-refractivity contribution in [1.29, 1.82) is 0 Å². The monoisotopic (exact) mass is 380 g/mol. The smallest absolute Gasteiger partial charge is 0.372 e. The van der Waals surface area contributed by atoms with Crippen molar-refractivity contribution in [3.05, 3.63) is 12.2 Å². The van der Waals surface area contributed by atoms with Crippen LogP contribution >= 0.6 is 0 Å². The molecule has 4 fully saturated rings. The first kappa shape index (κ1) is 17.4. The molecule has 0 aromatic rings. The van der Waals surface area contributed by atoms with Gasteiger partial charge in [-0.05, 0) is 54.8 Å². The van der Waals surface area contributed by atoms with Crippen LogP contribution in [0.3, 0.4) is 0 Å². The Hall–Kier alpha value is -0.730. The van der Waals surface area contributed by atoms with Gasteiger partial charge in [0.15, 0.2) is 6.10 Å². The van der Waals surface area contributed by atoms with Crippen LogP contribution in [0.5, 0.6) is 0 Å². The molecule has 0 aromatic heterocycles. The Bertz CT molecular complexity index is 664. The molecule has 3 nitrogen and oxygen atoms in total. The van der Waals surface area contributed by atoms with Crippen LogP contribution in [0, 0.1) is 35.5 Å². The van der Waals surface area contributed by atoms with Crippen LogP contribution in [-0.2, 0) is 14.2 Å². The van der Waals surface area contributed by atoms with E-state index in [1.165, 1.54) is 0 Å². The first-order valence-corrected chi connectivity index (χ1v) is 9.04. The summed E-state index contributed by atoms with van der Waals surface area (Å²) in [6.07, 6.45) is -1.30. The zero-order valence-corrected chi connectivity index (χ0v) is 14.4. The molecule has 0 amide bonds. The molecule has 4 bridgehead atoms. The van der Waals surface area contributed by atoms with Crippen molar-refractivity contribution in [3.63, 3.8) is 0 Å². The summed E-state index contributed by atoms with van der Waals surface area (Å²) in [7, 11) is 1.67. The van der Waals surface area contributed by atoms with E-state index in [1.807, 2.05) is 0 Å². The molecule has 8 heteroatoms. The van der Waals surface area contributed by atoms with Gasteiger partial charge in [-0.2, -0.15) is 22.0 Å². The number of hydrogen-bond donors (Lipinski definition) is 0. The average molecular weight is 380 g/mol. The molecule has 1 saturated heterocycles. The van der Waals surface area contributed by atoms with Crippen molar-refractivity contribution < 1.29 is 36.2 Å². The van der Waals surface area contributed by atoms with E-state index in [4.69, 9.17) is 9.47 Å². The van der Waals surface area contributed by atoms with Crippen LogP contribution in [0.1, 0.15) is 19.3 Å². The molecule has 1 spiro atoms. The topological polar surface area (TPSA) is 27.7 Å². The summed E-state index contributed by atoms with van der Waals surface area (Å²) in [5, 5.41) is 0. The minimum absolute atomic E-state index is 0.0955. The number of halogens is 5. The lowest BCUT2D eigenvalue weighted by atomic mass is 9.65. The second-order valence-corrected chi connectivity index (χ2v) is 8.52. The van der Waals surface area contributed by atoms with E-state index in [-0.39, 0.29) is 30.1 Å². The molecule has 0 aromatic carbocycles. The molecule has 4 aliphatic carbocycles. The maximum Gasteiger partial charge on any atom is 0.450 e. The molecular formula is C18H21F5O3. The molecule has 9 unspecified atom stereocenters. The Kier molecular flexibility index (Phi) is 3.21. The predicted molar refractivity (Wildman–Crippen MR) is 79.3 cm³/mol. The van der Waals surface area contributed by atoms with Crippen molar-refractivity contribution in [1.82, 2.24) is 0 Å². The quantitative estimate of drug-likeness (QED) is 0.415. The van der Waals surface area contributed by atoms with Gasteiger partial charge < -0.3 is 14.2 Å². The van der Waals surface area contributed by atoms with Crippen molar-refractivity contribution in [2.45, 2.75) is 48.9 Å². The normalized spacial score (nSPS) is 56.0. The van der Waals surface area contributed by atoms with Crippen LogP contribution in [-0.4, -0.2) is 43.8 Å². The van der Waals surface area contributed by atoms with Crippen molar-refractivity contribution in [3.8, 4) is 0 Å². The predicted octanol–water partition coefficient (Wildman–Crippen LogP) is 3.79. The zero-order chi connectivity index (χ0) is 18.7. The van der Waals surface area contributed by atoms with E-state index in [0.717, 1.165) is 13.5 Å². The number of allylic oxidation sites excluding steroid dienone is 2. The molecule has 9 atom stereocenters. The minimum Gasteiger partial charge on any atom is -0.372 e. The largest absolute Gasteiger partial charge is 0.450 e. The third-order valence-electron chi connectivity index (χ3n) is 7.80. The molecule has 146 valence electrons. The molecule has 26 heavy (non-hydrogen) atoms. The van der Waals surface area contributed by atoms with E-state index >= 15 is 8.78 Å². The van der Waals surface area contributed by atoms with E-state index in [9.17, 15) is 13.2 Å². The highest BCUT2D eigenvalue weighted by Crippen LogP contribution is 2.73. The van der Waals surface area contributed by atoms with Crippen LogP contribution < -0.4 is 0 Å². The summed E-state index contributed by atoms with van der Waals surface area (Å²) in [5.41, 5.74) is -1.66. The van der Waals surface area contributed by atoms with Crippen molar-refractivity contribution >= 4 is 0 Å². The summed E-state index contributed by atoms with van der Waals surface area (Å²) >= 11 is 0. The van der Waals surface area contributed by atoms with E-state index in [0.29, 0.717) is 25.4 Å². The first-order chi connectivity index (χ1) is 12.1. The van der Waals surface area contributed by atoms with Crippen molar-refractivity contribution in [2.75, 3.05) is 14.2 Å².